The lowest BCUT2D eigenvalue weighted by molar-refractivity contribution is -0.123. The van der Waals surface area contributed by atoms with Gasteiger partial charge in [-0.25, -0.2) is 19.9 Å². The van der Waals surface area contributed by atoms with E-state index in [0.29, 0.717) is 50.4 Å². The van der Waals surface area contributed by atoms with Gasteiger partial charge >= 0.3 is 0 Å². The largest absolute Gasteiger partial charge is 0.483 e. The van der Waals surface area contributed by atoms with Gasteiger partial charge in [0.25, 0.3) is 12.9 Å². The number of rotatable bonds is 4. The van der Waals surface area contributed by atoms with Gasteiger partial charge in [0.05, 0.1) is 20.3 Å². The minimum atomic E-state index is -0.250. The van der Waals surface area contributed by atoms with Crippen molar-refractivity contribution in [2.24, 2.45) is 5.73 Å². The van der Waals surface area contributed by atoms with Crippen molar-refractivity contribution in [3.63, 3.8) is 0 Å². The van der Waals surface area contributed by atoms with Gasteiger partial charge in [0.2, 0.25) is 0 Å². The van der Waals surface area contributed by atoms with Crippen molar-refractivity contribution in [1.29, 1.82) is 0 Å². The Morgan fingerprint density at radius 2 is 1.71 bits per heavy atom. The third-order valence-electron chi connectivity index (χ3n) is 3.96. The van der Waals surface area contributed by atoms with E-state index in [-0.39, 0.29) is 12.9 Å². The Bertz CT molecular complexity index is 1250. The van der Waals surface area contributed by atoms with Crippen LogP contribution in [0, 0.1) is 6.92 Å². The second-order valence-corrected chi connectivity index (χ2v) is 8.04. The number of halogens is 2. The lowest BCUT2D eigenvalue weighted by Crippen LogP contribution is -2.01. The molecule has 0 atom stereocenters. The van der Waals surface area contributed by atoms with Crippen molar-refractivity contribution in [2.75, 3.05) is 11.1 Å². The quantitative estimate of drug-likeness (QED) is 0.243. The van der Waals surface area contributed by atoms with Crippen LogP contribution < -0.4 is 16.8 Å². The van der Waals surface area contributed by atoms with Gasteiger partial charge in [0.15, 0.2) is 5.82 Å². The summed E-state index contributed by atoms with van der Waals surface area (Å²) < 4.78 is 0.849. The number of hydrogen-bond acceptors (Lipinski definition) is 10. The Labute approximate surface area is 207 Å². The summed E-state index contributed by atoms with van der Waals surface area (Å²) in [6.07, 6.45) is 1.67. The summed E-state index contributed by atoms with van der Waals surface area (Å²) in [5.74, 6) is 2.12. The fourth-order valence-corrected chi connectivity index (χ4v) is 4.68. The van der Waals surface area contributed by atoms with Gasteiger partial charge < -0.3 is 27.0 Å². The highest BCUT2D eigenvalue weighted by Crippen LogP contribution is 2.41. The smallest absolute Gasteiger partial charge is 0.290 e. The van der Waals surface area contributed by atoms with Crippen molar-refractivity contribution in [3.05, 3.63) is 51.9 Å². The average Bonchev–Trinajstić information content (AvgIpc) is 3.18. The minimum Gasteiger partial charge on any atom is -0.483 e. The topological polar surface area (TPSA) is 190 Å². The number of carbonyl (C=O) groups is 2. The maximum absolute atomic E-state index is 8.36. The number of carboxylic acid groups (broad SMARTS) is 2. The van der Waals surface area contributed by atoms with E-state index in [9.17, 15) is 0 Å². The molecular formula is C20H19Cl2N7O4S. The molecule has 178 valence electrons. The molecule has 14 heteroatoms. The third-order valence-corrected chi connectivity index (χ3v) is 5.65. The molecule has 7 N–H and O–H groups in total. The fraction of sp³-hybridized carbons (Fsp3) is 0.100. The van der Waals surface area contributed by atoms with E-state index in [1.807, 2.05) is 6.07 Å². The second-order valence-electron chi connectivity index (χ2n) is 6.23. The highest BCUT2D eigenvalue weighted by atomic mass is 35.5. The van der Waals surface area contributed by atoms with E-state index in [1.165, 1.54) is 11.3 Å². The fourth-order valence-electron chi connectivity index (χ4n) is 2.78. The van der Waals surface area contributed by atoms with Gasteiger partial charge in [-0.05, 0) is 30.7 Å². The number of fused-ring (bicyclic) bond motifs is 1. The number of anilines is 3. The van der Waals surface area contributed by atoms with Crippen LogP contribution in [0.4, 0.5) is 17.5 Å². The van der Waals surface area contributed by atoms with Crippen LogP contribution in [-0.4, -0.2) is 43.1 Å². The first kappa shape index (κ1) is 26.7. The van der Waals surface area contributed by atoms with E-state index in [1.54, 1.807) is 31.3 Å². The number of nitrogens with two attached hydrogens (primary N) is 2. The molecule has 34 heavy (non-hydrogen) atoms. The molecule has 3 aromatic heterocycles. The van der Waals surface area contributed by atoms with E-state index in [0.717, 1.165) is 15.8 Å². The highest BCUT2D eigenvalue weighted by molar-refractivity contribution is 7.22. The number of benzene rings is 1. The lowest BCUT2D eigenvalue weighted by Gasteiger charge is -2.07. The molecule has 0 unspecified atom stereocenters. The summed E-state index contributed by atoms with van der Waals surface area (Å²) >= 11 is 14.3. The standard InChI is InChI=1S/C18H15Cl2N7S.2CH2O2/c1-8-24-13(22)6-14(25-8)27-17-16-12(2-3-23-17)26-18(28-16)15-10(19)4-9(7-21)5-11(15)20;2*2-1-3/h2-6H,7,21H2,1H3,(H3,22,23,24,25,27);2*1H,(H,2,3). The Morgan fingerprint density at radius 1 is 1.09 bits per heavy atom. The SMILES string of the molecule is Cc1nc(N)cc(Nc2nccc3nc(-c4c(Cl)cc(CN)cc4Cl)sc23)n1.O=CO.O=CO. The molecule has 4 rings (SSSR count). The zero-order valence-electron chi connectivity index (χ0n) is 17.6. The number of aryl methyl sites for hydroxylation is 1. The first-order valence-electron chi connectivity index (χ1n) is 9.25. The lowest BCUT2D eigenvalue weighted by atomic mass is 10.1. The summed E-state index contributed by atoms with van der Waals surface area (Å²) in [5.41, 5.74) is 13.8. The number of aromatic nitrogens is 4. The number of nitrogens with one attached hydrogen (secondary N) is 1. The van der Waals surface area contributed by atoms with Gasteiger partial charge in [-0.1, -0.05) is 23.2 Å². The van der Waals surface area contributed by atoms with Crippen LogP contribution >= 0.6 is 34.5 Å². The van der Waals surface area contributed by atoms with E-state index < -0.39 is 0 Å². The number of thiazole rings is 1. The molecule has 0 spiro atoms. The molecule has 0 aliphatic heterocycles. The van der Waals surface area contributed by atoms with Gasteiger partial charge in [-0.15, -0.1) is 11.3 Å². The van der Waals surface area contributed by atoms with Crippen LogP contribution in [0.15, 0.2) is 30.5 Å². The molecule has 0 saturated carbocycles. The van der Waals surface area contributed by atoms with Crippen molar-refractivity contribution < 1.29 is 19.8 Å². The first-order valence-corrected chi connectivity index (χ1v) is 10.8. The molecule has 0 aliphatic rings. The number of hydrogen-bond donors (Lipinski definition) is 5. The Balaban J connectivity index is 0.000000618. The summed E-state index contributed by atoms with van der Waals surface area (Å²) in [6.45, 7) is 1.63. The summed E-state index contributed by atoms with van der Waals surface area (Å²) in [5, 5.41) is 18.7. The number of nitrogen functional groups attached to an aromatic ring is 1. The number of pyridine rings is 1. The van der Waals surface area contributed by atoms with E-state index >= 15 is 0 Å². The molecule has 11 nitrogen and oxygen atoms in total. The summed E-state index contributed by atoms with van der Waals surface area (Å²) in [6, 6.07) is 7.09. The molecule has 0 aliphatic carbocycles. The molecule has 0 radical (unpaired) electrons. The van der Waals surface area contributed by atoms with Crippen LogP contribution in [0.5, 0.6) is 0 Å². The second kappa shape index (κ2) is 12.6. The molecule has 0 bridgehead atoms. The van der Waals surface area contributed by atoms with Crippen molar-refractivity contribution >= 4 is 75.2 Å². The Kier molecular flexibility index (Phi) is 9.89. The van der Waals surface area contributed by atoms with Crippen molar-refractivity contribution in [2.45, 2.75) is 13.5 Å². The molecule has 0 amide bonds. The monoisotopic (exact) mass is 523 g/mol. The summed E-state index contributed by atoms with van der Waals surface area (Å²) in [4.78, 5) is 34.2. The molecule has 3 heterocycles. The average molecular weight is 524 g/mol. The summed E-state index contributed by atoms with van der Waals surface area (Å²) in [7, 11) is 0. The van der Waals surface area contributed by atoms with Crippen LogP contribution in [0.1, 0.15) is 11.4 Å². The van der Waals surface area contributed by atoms with Crippen LogP contribution in [-0.2, 0) is 16.1 Å². The van der Waals surface area contributed by atoms with Crippen LogP contribution in [0.25, 0.3) is 20.8 Å². The molecule has 0 fully saturated rings. The van der Waals surface area contributed by atoms with E-state index in [4.69, 9.17) is 54.5 Å². The molecular weight excluding hydrogens is 505 g/mol. The van der Waals surface area contributed by atoms with Crippen molar-refractivity contribution in [3.8, 4) is 10.6 Å². The molecule has 1 aromatic carbocycles. The third kappa shape index (κ3) is 6.71. The normalized spacial score (nSPS) is 9.88. The van der Waals surface area contributed by atoms with Gasteiger partial charge in [0.1, 0.15) is 22.5 Å². The maximum atomic E-state index is 8.36. The highest BCUT2D eigenvalue weighted by Gasteiger charge is 2.17. The Hall–Kier alpha value is -3.58. The van der Waals surface area contributed by atoms with Crippen LogP contribution in [0.2, 0.25) is 10.0 Å². The van der Waals surface area contributed by atoms with E-state index in [2.05, 4.69) is 25.3 Å². The van der Waals surface area contributed by atoms with Crippen molar-refractivity contribution in [1.82, 2.24) is 19.9 Å². The van der Waals surface area contributed by atoms with Gasteiger partial charge in [0, 0.05) is 24.4 Å². The molecule has 4 aromatic rings. The van der Waals surface area contributed by atoms with Gasteiger partial charge in [-0.2, -0.15) is 0 Å². The predicted octanol–water partition coefficient (Wildman–Crippen LogP) is 3.95. The zero-order valence-corrected chi connectivity index (χ0v) is 19.9. The van der Waals surface area contributed by atoms with Crippen LogP contribution in [0.3, 0.4) is 0 Å². The first-order chi connectivity index (χ1) is 16.3. The predicted molar refractivity (Wildman–Crippen MR) is 133 cm³/mol. The van der Waals surface area contributed by atoms with Gasteiger partial charge in [-0.3, -0.25) is 9.59 Å². The maximum Gasteiger partial charge on any atom is 0.290 e. The minimum absolute atomic E-state index is 0.250. The molecule has 0 saturated heterocycles. The Morgan fingerprint density at radius 3 is 2.26 bits per heavy atom. The number of nitrogens with zero attached hydrogens (tertiary/aromatic N) is 4. The zero-order chi connectivity index (χ0) is 25.3.